The number of phenols is 1. The number of piperazine rings is 1. The maximum Gasteiger partial charge on any atom is 0.318 e. The van der Waals surface area contributed by atoms with Gasteiger partial charge in [-0.1, -0.05) is 18.2 Å². The molecule has 7 heteroatoms. The Hall–Kier alpha value is -3.22. The highest BCUT2D eigenvalue weighted by Gasteiger charge is 2.24. The Kier molecular flexibility index (Phi) is 5.80. The fraction of sp³-hybridized carbons (Fsp3) is 0.300. The Morgan fingerprint density at radius 1 is 0.963 bits per heavy atom. The molecule has 0 unspecified atom stereocenters. The van der Waals surface area contributed by atoms with Crippen LogP contribution < -0.4 is 15.5 Å². The van der Waals surface area contributed by atoms with E-state index in [0.29, 0.717) is 18.8 Å². The maximum atomic E-state index is 12.4. The lowest BCUT2D eigenvalue weighted by atomic mass is 10.2. The van der Waals surface area contributed by atoms with Crippen molar-refractivity contribution in [3.8, 4) is 5.75 Å². The zero-order chi connectivity index (χ0) is 19.2. The van der Waals surface area contributed by atoms with Crippen LogP contribution in [0.1, 0.15) is 6.92 Å². The second-order valence-electron chi connectivity index (χ2n) is 6.52. The van der Waals surface area contributed by atoms with E-state index in [4.69, 9.17) is 0 Å². The van der Waals surface area contributed by atoms with Crippen molar-refractivity contribution in [1.29, 1.82) is 0 Å². The predicted molar refractivity (Wildman–Crippen MR) is 105 cm³/mol. The Labute approximate surface area is 158 Å². The van der Waals surface area contributed by atoms with Gasteiger partial charge < -0.3 is 25.5 Å². The largest absolute Gasteiger partial charge is 0.508 e. The average molecular weight is 368 g/mol. The number of aromatic hydroxyl groups is 1. The van der Waals surface area contributed by atoms with Gasteiger partial charge in [-0.25, -0.2) is 4.79 Å². The molecule has 27 heavy (non-hydrogen) atoms. The summed E-state index contributed by atoms with van der Waals surface area (Å²) in [6.45, 7) is 4.37. The van der Waals surface area contributed by atoms with E-state index >= 15 is 0 Å². The molecule has 0 spiro atoms. The van der Waals surface area contributed by atoms with Gasteiger partial charge in [-0.3, -0.25) is 4.79 Å². The first-order chi connectivity index (χ1) is 13.0. The van der Waals surface area contributed by atoms with Crippen LogP contribution in [0, 0.1) is 0 Å². The lowest BCUT2D eigenvalue weighted by molar-refractivity contribution is -0.117. The maximum absolute atomic E-state index is 12.4. The zero-order valence-electron chi connectivity index (χ0n) is 15.3. The van der Waals surface area contributed by atoms with Crippen LogP contribution in [0.5, 0.6) is 5.75 Å². The summed E-state index contributed by atoms with van der Waals surface area (Å²) in [6, 6.07) is 15.4. The van der Waals surface area contributed by atoms with Gasteiger partial charge in [0.25, 0.3) is 0 Å². The number of rotatable bonds is 4. The molecule has 0 bridgehead atoms. The van der Waals surface area contributed by atoms with Crippen molar-refractivity contribution in [1.82, 2.24) is 10.2 Å². The van der Waals surface area contributed by atoms with Gasteiger partial charge in [-0.2, -0.15) is 0 Å². The smallest absolute Gasteiger partial charge is 0.318 e. The summed E-state index contributed by atoms with van der Waals surface area (Å²) in [7, 11) is 0. The average Bonchev–Trinajstić information content (AvgIpc) is 2.70. The molecule has 3 amide bonds. The van der Waals surface area contributed by atoms with Crippen molar-refractivity contribution in [3.05, 3.63) is 54.6 Å². The first-order valence-electron chi connectivity index (χ1n) is 8.98. The van der Waals surface area contributed by atoms with Crippen molar-refractivity contribution in [2.24, 2.45) is 0 Å². The highest BCUT2D eigenvalue weighted by atomic mass is 16.3. The number of carbonyl (C=O) groups excluding carboxylic acids is 2. The summed E-state index contributed by atoms with van der Waals surface area (Å²) < 4.78 is 0. The van der Waals surface area contributed by atoms with E-state index in [1.165, 1.54) is 12.1 Å². The molecule has 1 aliphatic heterocycles. The topological polar surface area (TPSA) is 84.9 Å². The van der Waals surface area contributed by atoms with Gasteiger partial charge in [0.15, 0.2) is 0 Å². The summed E-state index contributed by atoms with van der Waals surface area (Å²) in [5.74, 6) is -0.180. The van der Waals surface area contributed by atoms with E-state index in [2.05, 4.69) is 27.7 Å². The fourth-order valence-electron chi connectivity index (χ4n) is 2.94. The SMILES string of the molecule is C[C@@H](NC(=O)N1CCN(c2ccccc2)CC1)C(=O)Nc1ccc(O)cc1. The summed E-state index contributed by atoms with van der Waals surface area (Å²) in [4.78, 5) is 28.6. The molecule has 3 N–H and O–H groups in total. The molecule has 0 radical (unpaired) electrons. The molecule has 0 saturated carbocycles. The number of anilines is 2. The number of para-hydroxylation sites is 1. The number of nitrogens with zero attached hydrogens (tertiary/aromatic N) is 2. The van der Waals surface area contributed by atoms with Crippen molar-refractivity contribution in [3.63, 3.8) is 0 Å². The third kappa shape index (κ3) is 4.91. The third-order valence-corrected chi connectivity index (χ3v) is 4.56. The Morgan fingerprint density at radius 3 is 2.22 bits per heavy atom. The van der Waals surface area contributed by atoms with E-state index in [-0.39, 0.29) is 17.7 Å². The van der Waals surface area contributed by atoms with Crippen LogP contribution in [0.25, 0.3) is 0 Å². The number of hydrogen-bond donors (Lipinski definition) is 3. The molecular weight excluding hydrogens is 344 g/mol. The van der Waals surface area contributed by atoms with E-state index in [9.17, 15) is 14.7 Å². The highest BCUT2D eigenvalue weighted by Crippen LogP contribution is 2.16. The standard InChI is InChI=1S/C20H24N4O3/c1-15(19(26)22-16-7-9-18(25)10-8-16)21-20(27)24-13-11-23(12-14-24)17-5-3-2-4-6-17/h2-10,15,25H,11-14H2,1H3,(H,21,27)(H,22,26)/t15-/m1/s1. The minimum absolute atomic E-state index is 0.129. The summed E-state index contributed by atoms with van der Waals surface area (Å²) in [5.41, 5.74) is 1.72. The molecule has 1 atom stereocenters. The van der Waals surface area contributed by atoms with Crippen LogP contribution in [0.15, 0.2) is 54.6 Å². The van der Waals surface area contributed by atoms with Gasteiger partial charge in [-0.05, 0) is 43.3 Å². The molecule has 2 aromatic carbocycles. The fourth-order valence-corrected chi connectivity index (χ4v) is 2.94. The molecule has 7 nitrogen and oxygen atoms in total. The zero-order valence-corrected chi connectivity index (χ0v) is 15.3. The van der Waals surface area contributed by atoms with Crippen LogP contribution in [0.4, 0.5) is 16.2 Å². The van der Waals surface area contributed by atoms with Crippen molar-refractivity contribution < 1.29 is 14.7 Å². The number of nitrogens with one attached hydrogen (secondary N) is 2. The Bertz CT molecular complexity index is 772. The van der Waals surface area contributed by atoms with Crippen LogP contribution in [-0.2, 0) is 4.79 Å². The first kappa shape index (κ1) is 18.6. The second kappa shape index (κ2) is 8.44. The molecule has 3 rings (SSSR count). The van der Waals surface area contributed by atoms with Gasteiger partial charge in [0, 0.05) is 37.6 Å². The van der Waals surface area contributed by atoms with Crippen LogP contribution >= 0.6 is 0 Å². The summed E-state index contributed by atoms with van der Waals surface area (Å²) in [5, 5.41) is 14.7. The van der Waals surface area contributed by atoms with Gasteiger partial charge in [0.2, 0.25) is 5.91 Å². The lowest BCUT2D eigenvalue weighted by Crippen LogP contribution is -2.54. The molecule has 1 saturated heterocycles. The van der Waals surface area contributed by atoms with Crippen LogP contribution in [0.3, 0.4) is 0 Å². The van der Waals surface area contributed by atoms with Gasteiger partial charge in [-0.15, -0.1) is 0 Å². The minimum Gasteiger partial charge on any atom is -0.508 e. The molecule has 2 aromatic rings. The van der Waals surface area contributed by atoms with Gasteiger partial charge in [0.1, 0.15) is 11.8 Å². The van der Waals surface area contributed by atoms with Crippen molar-refractivity contribution in [2.45, 2.75) is 13.0 Å². The number of amides is 3. The molecule has 1 aliphatic rings. The predicted octanol–water partition coefficient (Wildman–Crippen LogP) is 2.25. The summed E-state index contributed by atoms with van der Waals surface area (Å²) in [6.07, 6.45) is 0. The van der Waals surface area contributed by atoms with Crippen LogP contribution in [-0.4, -0.2) is 54.2 Å². The molecular formula is C20H24N4O3. The molecule has 0 aliphatic carbocycles. The normalized spacial score (nSPS) is 15.1. The Morgan fingerprint density at radius 2 is 1.59 bits per heavy atom. The lowest BCUT2D eigenvalue weighted by Gasteiger charge is -2.36. The molecule has 142 valence electrons. The molecule has 1 heterocycles. The first-order valence-corrected chi connectivity index (χ1v) is 8.98. The van der Waals surface area contributed by atoms with Gasteiger partial charge in [0.05, 0.1) is 0 Å². The second-order valence-corrected chi connectivity index (χ2v) is 6.52. The minimum atomic E-state index is -0.668. The van der Waals surface area contributed by atoms with E-state index in [0.717, 1.165) is 18.8 Å². The highest BCUT2D eigenvalue weighted by molar-refractivity contribution is 5.96. The quantitative estimate of drug-likeness (QED) is 0.723. The van der Waals surface area contributed by atoms with Crippen molar-refractivity contribution in [2.75, 3.05) is 36.4 Å². The van der Waals surface area contributed by atoms with E-state index in [1.54, 1.807) is 24.0 Å². The van der Waals surface area contributed by atoms with Crippen LogP contribution in [0.2, 0.25) is 0 Å². The number of carbonyl (C=O) groups is 2. The number of benzene rings is 2. The van der Waals surface area contributed by atoms with E-state index in [1.807, 2.05) is 18.2 Å². The summed E-state index contributed by atoms with van der Waals surface area (Å²) >= 11 is 0. The Balaban J connectivity index is 1.47. The number of hydrogen-bond acceptors (Lipinski definition) is 4. The van der Waals surface area contributed by atoms with E-state index < -0.39 is 6.04 Å². The van der Waals surface area contributed by atoms with Crippen molar-refractivity contribution >= 4 is 23.3 Å². The molecule has 0 aromatic heterocycles. The number of phenolic OH excluding ortho intramolecular Hbond substituents is 1. The number of urea groups is 1. The monoisotopic (exact) mass is 368 g/mol. The van der Waals surface area contributed by atoms with Gasteiger partial charge >= 0.3 is 6.03 Å². The molecule has 1 fully saturated rings. The third-order valence-electron chi connectivity index (χ3n) is 4.56.